The topological polar surface area (TPSA) is 93.5 Å². The number of nitrogens with one attached hydrogen (secondary N) is 2. The number of carbonyl (C=O) groups is 1. The fraction of sp³-hybridized carbons (Fsp3) is 0.643. The summed E-state index contributed by atoms with van der Waals surface area (Å²) >= 11 is 1.11. The molecule has 0 spiro atoms. The van der Waals surface area contributed by atoms with E-state index in [9.17, 15) is 14.9 Å². The van der Waals surface area contributed by atoms with Crippen LogP contribution < -0.4 is 10.6 Å². The SMILES string of the molecule is CCC(CNC(=O)OC(C)(C)C)NCc1csc([N+](=O)[O-])c1. The maximum absolute atomic E-state index is 11.6. The van der Waals surface area contributed by atoms with Crippen LogP contribution >= 0.6 is 11.3 Å². The van der Waals surface area contributed by atoms with Crippen molar-refractivity contribution in [3.8, 4) is 0 Å². The van der Waals surface area contributed by atoms with Crippen LogP contribution in [0, 0.1) is 10.1 Å². The van der Waals surface area contributed by atoms with E-state index in [1.807, 2.05) is 27.7 Å². The smallest absolute Gasteiger partial charge is 0.407 e. The highest BCUT2D eigenvalue weighted by atomic mass is 32.1. The molecule has 7 nitrogen and oxygen atoms in total. The van der Waals surface area contributed by atoms with Gasteiger partial charge in [-0.25, -0.2) is 4.79 Å². The Hall–Kier alpha value is -1.67. The fourth-order valence-corrected chi connectivity index (χ4v) is 2.42. The molecular weight excluding hydrogens is 306 g/mol. The van der Waals surface area contributed by atoms with Crippen LogP contribution in [-0.2, 0) is 11.3 Å². The second-order valence-corrected chi connectivity index (χ2v) is 6.81. The van der Waals surface area contributed by atoms with Crippen molar-refractivity contribution in [1.29, 1.82) is 0 Å². The molecule has 0 saturated heterocycles. The van der Waals surface area contributed by atoms with Gasteiger partial charge in [0.05, 0.1) is 4.92 Å². The molecule has 1 amide bonds. The van der Waals surface area contributed by atoms with Crippen LogP contribution in [0.1, 0.15) is 39.7 Å². The van der Waals surface area contributed by atoms with Crippen molar-refractivity contribution >= 4 is 22.4 Å². The predicted octanol–water partition coefficient (Wildman–Crippen LogP) is 3.05. The summed E-state index contributed by atoms with van der Waals surface area (Å²) in [6, 6.07) is 1.64. The van der Waals surface area contributed by atoms with E-state index in [0.717, 1.165) is 23.3 Å². The molecule has 1 unspecified atom stereocenters. The molecule has 1 aromatic heterocycles. The number of thiophene rings is 1. The van der Waals surface area contributed by atoms with E-state index >= 15 is 0 Å². The van der Waals surface area contributed by atoms with Gasteiger partial charge in [-0.1, -0.05) is 18.3 Å². The molecule has 0 fully saturated rings. The van der Waals surface area contributed by atoms with Gasteiger partial charge >= 0.3 is 11.1 Å². The zero-order valence-corrected chi connectivity index (χ0v) is 14.2. The number of alkyl carbamates (subject to hydrolysis) is 1. The molecular formula is C14H23N3O4S. The molecule has 22 heavy (non-hydrogen) atoms. The maximum Gasteiger partial charge on any atom is 0.407 e. The van der Waals surface area contributed by atoms with Crippen molar-refractivity contribution < 1.29 is 14.5 Å². The Kier molecular flexibility index (Phi) is 6.76. The zero-order chi connectivity index (χ0) is 16.8. The molecule has 1 aromatic rings. The van der Waals surface area contributed by atoms with Crippen LogP contribution in [0.2, 0.25) is 0 Å². The van der Waals surface area contributed by atoms with Gasteiger partial charge in [0.25, 0.3) is 0 Å². The molecule has 0 aliphatic rings. The lowest BCUT2D eigenvalue weighted by Crippen LogP contribution is -2.42. The third-order valence-corrected chi connectivity index (χ3v) is 3.73. The van der Waals surface area contributed by atoms with Crippen LogP contribution in [0.5, 0.6) is 0 Å². The number of hydrogen-bond acceptors (Lipinski definition) is 6. The van der Waals surface area contributed by atoms with Crippen LogP contribution in [0.4, 0.5) is 9.80 Å². The Morgan fingerprint density at radius 1 is 1.50 bits per heavy atom. The third kappa shape index (κ3) is 6.86. The molecule has 8 heteroatoms. The number of hydrogen-bond donors (Lipinski definition) is 2. The van der Waals surface area contributed by atoms with Crippen molar-refractivity contribution in [2.45, 2.75) is 52.3 Å². The van der Waals surface area contributed by atoms with E-state index < -0.39 is 16.6 Å². The highest BCUT2D eigenvalue weighted by Gasteiger charge is 2.17. The first-order chi connectivity index (χ1) is 10.2. The molecule has 0 radical (unpaired) electrons. The van der Waals surface area contributed by atoms with Gasteiger partial charge in [-0.2, -0.15) is 0 Å². The van der Waals surface area contributed by atoms with Gasteiger partial charge in [0, 0.05) is 30.6 Å². The first-order valence-electron chi connectivity index (χ1n) is 7.13. The van der Waals surface area contributed by atoms with E-state index in [4.69, 9.17) is 4.74 Å². The van der Waals surface area contributed by atoms with E-state index in [1.54, 1.807) is 11.4 Å². The normalized spacial score (nSPS) is 12.7. The average Bonchev–Trinajstić information content (AvgIpc) is 2.86. The fourth-order valence-electron chi connectivity index (χ4n) is 1.69. The zero-order valence-electron chi connectivity index (χ0n) is 13.3. The van der Waals surface area contributed by atoms with Crippen molar-refractivity contribution in [1.82, 2.24) is 10.6 Å². The molecule has 1 rings (SSSR count). The number of nitrogens with zero attached hydrogens (tertiary/aromatic N) is 1. The Balaban J connectivity index is 2.38. The predicted molar refractivity (Wildman–Crippen MR) is 86.1 cm³/mol. The van der Waals surface area contributed by atoms with Gasteiger partial charge in [-0.3, -0.25) is 10.1 Å². The summed E-state index contributed by atoms with van der Waals surface area (Å²) in [7, 11) is 0. The summed E-state index contributed by atoms with van der Waals surface area (Å²) in [6.07, 6.45) is 0.376. The summed E-state index contributed by atoms with van der Waals surface area (Å²) in [6.45, 7) is 8.41. The summed E-state index contributed by atoms with van der Waals surface area (Å²) in [4.78, 5) is 21.8. The standard InChI is InChI=1S/C14H23N3O4S/c1-5-11(8-16-13(18)21-14(2,3)4)15-7-10-6-12(17(19)20)22-9-10/h6,9,11,15H,5,7-8H2,1-4H3,(H,16,18). The Morgan fingerprint density at radius 2 is 2.18 bits per heavy atom. The molecule has 0 saturated carbocycles. The van der Waals surface area contributed by atoms with E-state index in [-0.39, 0.29) is 11.0 Å². The summed E-state index contributed by atoms with van der Waals surface area (Å²) in [5.41, 5.74) is 0.349. The lowest BCUT2D eigenvalue weighted by molar-refractivity contribution is -0.380. The molecule has 0 aromatic carbocycles. The quantitative estimate of drug-likeness (QED) is 0.592. The van der Waals surface area contributed by atoms with Crippen molar-refractivity contribution in [3.63, 3.8) is 0 Å². The van der Waals surface area contributed by atoms with Gasteiger partial charge in [0.15, 0.2) is 0 Å². The number of amides is 1. The molecule has 1 atom stereocenters. The first-order valence-corrected chi connectivity index (χ1v) is 8.01. The van der Waals surface area contributed by atoms with Crippen LogP contribution in [0.3, 0.4) is 0 Å². The second-order valence-electron chi connectivity index (χ2n) is 5.92. The number of nitro groups is 1. The van der Waals surface area contributed by atoms with Gasteiger partial charge in [-0.05, 0) is 32.8 Å². The molecule has 0 aliphatic heterocycles. The Labute approximate surface area is 134 Å². The van der Waals surface area contributed by atoms with E-state index in [1.165, 1.54) is 0 Å². The highest BCUT2D eigenvalue weighted by molar-refractivity contribution is 7.13. The molecule has 124 valence electrons. The van der Waals surface area contributed by atoms with Gasteiger partial charge in [0.1, 0.15) is 5.60 Å². The van der Waals surface area contributed by atoms with Crippen LogP contribution in [0.15, 0.2) is 11.4 Å². The largest absolute Gasteiger partial charge is 0.444 e. The van der Waals surface area contributed by atoms with Crippen LogP contribution in [-0.4, -0.2) is 29.2 Å². The number of ether oxygens (including phenoxy) is 1. The summed E-state index contributed by atoms with van der Waals surface area (Å²) in [5.74, 6) is 0. The lowest BCUT2D eigenvalue weighted by Gasteiger charge is -2.22. The summed E-state index contributed by atoms with van der Waals surface area (Å²) in [5, 5.41) is 18.5. The average molecular weight is 329 g/mol. The maximum atomic E-state index is 11.6. The summed E-state index contributed by atoms with van der Waals surface area (Å²) < 4.78 is 5.17. The molecule has 1 heterocycles. The highest BCUT2D eigenvalue weighted by Crippen LogP contribution is 2.22. The number of carbonyl (C=O) groups excluding carboxylic acids is 1. The van der Waals surface area contributed by atoms with Gasteiger partial charge < -0.3 is 15.4 Å². The van der Waals surface area contributed by atoms with E-state index in [2.05, 4.69) is 10.6 Å². The minimum absolute atomic E-state index is 0.0754. The minimum atomic E-state index is -0.519. The van der Waals surface area contributed by atoms with Gasteiger partial charge in [-0.15, -0.1) is 0 Å². The molecule has 0 bridgehead atoms. The third-order valence-electron chi connectivity index (χ3n) is 2.80. The monoisotopic (exact) mass is 329 g/mol. The van der Waals surface area contributed by atoms with Gasteiger partial charge in [0.2, 0.25) is 0 Å². The number of rotatable bonds is 7. The molecule has 2 N–H and O–H groups in total. The lowest BCUT2D eigenvalue weighted by atomic mass is 10.2. The molecule has 0 aliphatic carbocycles. The van der Waals surface area contributed by atoms with Crippen molar-refractivity contribution in [2.24, 2.45) is 0 Å². The second kappa shape index (κ2) is 8.09. The van der Waals surface area contributed by atoms with Crippen molar-refractivity contribution in [3.05, 3.63) is 27.1 Å². The van der Waals surface area contributed by atoms with E-state index in [0.29, 0.717) is 13.1 Å². The minimum Gasteiger partial charge on any atom is -0.444 e. The first kappa shape index (κ1) is 18.4. The van der Waals surface area contributed by atoms with Crippen molar-refractivity contribution in [2.75, 3.05) is 6.54 Å². The Bertz CT molecular complexity index is 510. The van der Waals surface area contributed by atoms with Crippen LogP contribution in [0.25, 0.3) is 0 Å². The Morgan fingerprint density at radius 3 is 2.68 bits per heavy atom.